The number of hydrogen-bond acceptors (Lipinski definition) is 5. The zero-order valence-corrected chi connectivity index (χ0v) is 19.1. The van der Waals surface area contributed by atoms with E-state index in [4.69, 9.17) is 4.74 Å². The van der Waals surface area contributed by atoms with Crippen LogP contribution in [0.1, 0.15) is 30.1 Å². The molecule has 0 bridgehead atoms. The van der Waals surface area contributed by atoms with E-state index < -0.39 is 15.9 Å². The zero-order chi connectivity index (χ0) is 22.1. The zero-order valence-electron chi connectivity index (χ0n) is 16.7. The summed E-state index contributed by atoms with van der Waals surface area (Å²) >= 11 is 3.29. The molecule has 0 heterocycles. The topological polar surface area (TPSA) is 114 Å². The number of benzene rings is 2. The third kappa shape index (κ3) is 6.74. The number of nitrogens with one attached hydrogen (secondary N) is 3. The summed E-state index contributed by atoms with van der Waals surface area (Å²) < 4.78 is 34.2. The third-order valence-electron chi connectivity index (χ3n) is 4.02. The van der Waals surface area contributed by atoms with Crippen LogP contribution in [-0.2, 0) is 14.8 Å². The fraction of sp³-hybridized carbons (Fsp3) is 0.300. The van der Waals surface area contributed by atoms with Gasteiger partial charge in [-0.2, -0.15) is 0 Å². The number of carbonyl (C=O) groups is 2. The average Bonchev–Trinajstić information content (AvgIpc) is 2.73. The molecule has 0 aliphatic rings. The van der Waals surface area contributed by atoms with E-state index in [-0.39, 0.29) is 35.1 Å². The lowest BCUT2D eigenvalue weighted by molar-refractivity contribution is -0.120. The van der Waals surface area contributed by atoms with Crippen molar-refractivity contribution in [2.24, 2.45) is 0 Å². The van der Waals surface area contributed by atoms with Gasteiger partial charge in [0.2, 0.25) is 5.91 Å². The van der Waals surface area contributed by atoms with Crippen LogP contribution in [0.25, 0.3) is 0 Å². The van der Waals surface area contributed by atoms with E-state index >= 15 is 0 Å². The Balaban J connectivity index is 2.14. The van der Waals surface area contributed by atoms with Crippen LogP contribution in [0.4, 0.5) is 5.69 Å². The summed E-state index contributed by atoms with van der Waals surface area (Å²) in [5.74, 6) is -0.537. The Kier molecular flexibility index (Phi) is 8.67. The average molecular weight is 498 g/mol. The van der Waals surface area contributed by atoms with Gasteiger partial charge in [-0.25, -0.2) is 8.42 Å². The maximum atomic E-state index is 12.9. The Bertz CT molecular complexity index is 994. The Morgan fingerprint density at radius 1 is 1.03 bits per heavy atom. The predicted octanol–water partition coefficient (Wildman–Crippen LogP) is 2.90. The van der Waals surface area contributed by atoms with Gasteiger partial charge in [0.25, 0.3) is 15.9 Å². The van der Waals surface area contributed by atoms with Crippen LogP contribution < -0.4 is 20.1 Å². The van der Waals surface area contributed by atoms with Crippen LogP contribution in [0.2, 0.25) is 0 Å². The molecular weight excluding hydrogens is 474 g/mol. The van der Waals surface area contributed by atoms with E-state index in [1.807, 2.05) is 6.92 Å². The van der Waals surface area contributed by atoms with Crippen LogP contribution in [-0.4, -0.2) is 40.4 Å². The molecule has 0 radical (unpaired) electrons. The molecular formula is C20H24BrN3O5S. The summed E-state index contributed by atoms with van der Waals surface area (Å²) in [5, 5.41) is 5.34. The number of rotatable bonds is 10. The Morgan fingerprint density at radius 3 is 2.37 bits per heavy atom. The van der Waals surface area contributed by atoms with Crippen molar-refractivity contribution in [3.63, 3.8) is 0 Å². The fourth-order valence-corrected chi connectivity index (χ4v) is 4.02. The Hall–Kier alpha value is -2.59. The molecule has 0 aromatic heterocycles. The normalized spacial score (nSPS) is 10.9. The SMILES string of the molecule is CCCNC(=O)CCNC(=O)c1ccc(OC)c(S(=O)(=O)Nc2ccc(Br)cc2)c1. The van der Waals surface area contributed by atoms with Gasteiger partial charge < -0.3 is 15.4 Å². The lowest BCUT2D eigenvalue weighted by Gasteiger charge is -2.13. The van der Waals surface area contributed by atoms with Crippen molar-refractivity contribution in [2.45, 2.75) is 24.7 Å². The fourth-order valence-electron chi connectivity index (χ4n) is 2.50. The second-order valence-corrected chi connectivity index (χ2v) is 8.90. The molecule has 0 aliphatic carbocycles. The molecule has 8 nitrogen and oxygen atoms in total. The van der Waals surface area contributed by atoms with Crippen LogP contribution >= 0.6 is 15.9 Å². The summed E-state index contributed by atoms with van der Waals surface area (Å²) in [6.07, 6.45) is 0.966. The Labute approximate surface area is 184 Å². The second-order valence-electron chi connectivity index (χ2n) is 6.33. The molecule has 30 heavy (non-hydrogen) atoms. The predicted molar refractivity (Wildman–Crippen MR) is 118 cm³/mol. The smallest absolute Gasteiger partial charge is 0.265 e. The second kappa shape index (κ2) is 11.0. The molecule has 0 atom stereocenters. The maximum absolute atomic E-state index is 12.9. The summed E-state index contributed by atoms with van der Waals surface area (Å²) in [6, 6.07) is 10.7. The van der Waals surface area contributed by atoms with E-state index in [0.717, 1.165) is 10.9 Å². The number of sulfonamides is 1. The van der Waals surface area contributed by atoms with Crippen molar-refractivity contribution in [3.8, 4) is 5.75 Å². The van der Waals surface area contributed by atoms with Crippen molar-refractivity contribution in [3.05, 3.63) is 52.5 Å². The molecule has 0 saturated heterocycles. The van der Waals surface area contributed by atoms with Gasteiger partial charge in [-0.1, -0.05) is 22.9 Å². The highest BCUT2D eigenvalue weighted by molar-refractivity contribution is 9.10. The molecule has 10 heteroatoms. The molecule has 2 aromatic carbocycles. The third-order valence-corrected chi connectivity index (χ3v) is 5.95. The number of anilines is 1. The first-order valence-electron chi connectivity index (χ1n) is 9.28. The van der Waals surface area contributed by atoms with E-state index in [1.54, 1.807) is 24.3 Å². The highest BCUT2D eigenvalue weighted by atomic mass is 79.9. The minimum atomic E-state index is -4.00. The van der Waals surface area contributed by atoms with E-state index in [0.29, 0.717) is 12.2 Å². The minimum Gasteiger partial charge on any atom is -0.495 e. The van der Waals surface area contributed by atoms with Gasteiger partial charge in [0.05, 0.1) is 7.11 Å². The molecule has 2 rings (SSSR count). The van der Waals surface area contributed by atoms with Gasteiger partial charge in [-0.3, -0.25) is 14.3 Å². The van der Waals surface area contributed by atoms with Gasteiger partial charge >= 0.3 is 0 Å². The highest BCUT2D eigenvalue weighted by Gasteiger charge is 2.22. The Morgan fingerprint density at radius 2 is 1.73 bits per heavy atom. The number of amides is 2. The summed E-state index contributed by atoms with van der Waals surface area (Å²) in [7, 11) is -2.65. The maximum Gasteiger partial charge on any atom is 0.265 e. The highest BCUT2D eigenvalue weighted by Crippen LogP contribution is 2.27. The van der Waals surface area contributed by atoms with Crippen LogP contribution in [0, 0.1) is 0 Å². The van der Waals surface area contributed by atoms with Gasteiger partial charge in [0, 0.05) is 35.2 Å². The van der Waals surface area contributed by atoms with Crippen molar-refractivity contribution in [2.75, 3.05) is 24.9 Å². The molecule has 0 aliphatic heterocycles. The number of hydrogen-bond donors (Lipinski definition) is 3. The van der Waals surface area contributed by atoms with Crippen LogP contribution in [0.15, 0.2) is 51.8 Å². The number of carbonyl (C=O) groups excluding carboxylic acids is 2. The first kappa shape index (κ1) is 23.7. The van der Waals surface area contributed by atoms with Gasteiger partial charge in [0.15, 0.2) is 0 Å². The first-order valence-corrected chi connectivity index (χ1v) is 11.6. The summed E-state index contributed by atoms with van der Waals surface area (Å²) in [6.45, 7) is 2.67. The van der Waals surface area contributed by atoms with Gasteiger partial charge in [0.1, 0.15) is 10.6 Å². The minimum absolute atomic E-state index is 0.107. The van der Waals surface area contributed by atoms with Crippen LogP contribution in [0.3, 0.4) is 0 Å². The lowest BCUT2D eigenvalue weighted by Crippen LogP contribution is -2.31. The molecule has 162 valence electrons. The lowest BCUT2D eigenvalue weighted by atomic mass is 10.2. The molecule has 0 spiro atoms. The molecule has 0 unspecified atom stereocenters. The first-order chi connectivity index (χ1) is 14.3. The van der Waals surface area contributed by atoms with Crippen molar-refractivity contribution < 1.29 is 22.7 Å². The molecule has 2 amide bonds. The number of methoxy groups -OCH3 is 1. The molecule has 2 aromatic rings. The van der Waals surface area contributed by atoms with E-state index in [2.05, 4.69) is 31.3 Å². The van der Waals surface area contributed by atoms with Gasteiger partial charge in [-0.05, 0) is 48.9 Å². The van der Waals surface area contributed by atoms with Crippen molar-refractivity contribution in [1.82, 2.24) is 10.6 Å². The largest absolute Gasteiger partial charge is 0.495 e. The quantitative estimate of drug-likeness (QED) is 0.466. The molecule has 3 N–H and O–H groups in total. The van der Waals surface area contributed by atoms with Gasteiger partial charge in [-0.15, -0.1) is 0 Å². The van der Waals surface area contributed by atoms with Crippen molar-refractivity contribution >= 4 is 43.5 Å². The standard InChI is InChI=1S/C20H24BrN3O5S/c1-3-11-22-19(25)10-12-23-20(26)14-4-9-17(29-2)18(13-14)30(27,28)24-16-7-5-15(21)6-8-16/h4-9,13,24H,3,10-12H2,1-2H3,(H,22,25)(H,23,26). The number of ether oxygens (including phenoxy) is 1. The summed E-state index contributed by atoms with van der Waals surface area (Å²) in [5.41, 5.74) is 0.508. The summed E-state index contributed by atoms with van der Waals surface area (Å²) in [4.78, 5) is 23.9. The van der Waals surface area contributed by atoms with Crippen molar-refractivity contribution in [1.29, 1.82) is 0 Å². The van der Waals surface area contributed by atoms with E-state index in [1.165, 1.54) is 25.3 Å². The number of halogens is 1. The molecule has 0 fully saturated rings. The van der Waals surface area contributed by atoms with Crippen LogP contribution in [0.5, 0.6) is 5.75 Å². The monoisotopic (exact) mass is 497 g/mol. The van der Waals surface area contributed by atoms with E-state index in [9.17, 15) is 18.0 Å². The molecule has 0 saturated carbocycles.